The van der Waals surface area contributed by atoms with Gasteiger partial charge in [0.2, 0.25) is 0 Å². The number of methoxy groups -OCH3 is 1. The Morgan fingerprint density at radius 3 is 2.82 bits per heavy atom. The van der Waals surface area contributed by atoms with Crippen LogP contribution in [0.1, 0.15) is 6.42 Å². The van der Waals surface area contributed by atoms with Crippen LogP contribution in [0.2, 0.25) is 0 Å². The summed E-state index contributed by atoms with van der Waals surface area (Å²) in [6.45, 7) is 0. The van der Waals surface area contributed by atoms with Gasteiger partial charge in [-0.25, -0.2) is 14.8 Å². The van der Waals surface area contributed by atoms with Gasteiger partial charge in [-0.1, -0.05) is 12.2 Å². The number of nitrogens with two attached hydrogens (primary N) is 1. The van der Waals surface area contributed by atoms with E-state index in [4.69, 9.17) is 20.2 Å². The molecule has 0 unspecified atom stereocenters. The number of hydrogen-bond donors (Lipinski definition) is 3. The first kappa shape index (κ1) is 21.6. The molecule has 0 saturated heterocycles. The Hall–Kier alpha value is -3.27. The lowest BCUT2D eigenvalue weighted by atomic mass is 9.98. The number of carbonyl (C=O) groups is 1. The molecule has 3 aromatic rings. The fourth-order valence-corrected chi connectivity index (χ4v) is 5.20. The molecular formula is C23H25BrN6O3. The largest absolute Gasteiger partial charge is 0.496 e. The molecule has 172 valence electrons. The van der Waals surface area contributed by atoms with E-state index in [0.717, 1.165) is 33.3 Å². The second-order valence-electron chi connectivity index (χ2n) is 8.56. The van der Waals surface area contributed by atoms with Crippen LogP contribution in [-0.2, 0) is 4.74 Å². The number of pyridine rings is 1. The van der Waals surface area contributed by atoms with Gasteiger partial charge in [0.15, 0.2) is 5.65 Å². The standard InChI is InChI=1S/C23H25BrN6O3/c1-30(2)13-6-7-14(16(9-13)32-3)21-28-19-18(15(24)10-26-22(19)29-21)27-17-11-4-5-12(8-11)20(17)33-23(25)31/h4-7,9-12,17,20H,8H2,1-3H3,(H2,25,31)(H2,26,27,28,29)/t11-,12+,17+,20-/m0/s1. The number of ether oxygens (including phenoxy) is 2. The van der Waals surface area contributed by atoms with E-state index in [2.05, 4.69) is 43.4 Å². The molecule has 1 fully saturated rings. The quantitative estimate of drug-likeness (QED) is 0.428. The zero-order valence-electron chi connectivity index (χ0n) is 18.5. The Morgan fingerprint density at radius 2 is 2.09 bits per heavy atom. The number of carbonyl (C=O) groups excluding carboxylic acids is 1. The predicted octanol–water partition coefficient (Wildman–Crippen LogP) is 3.91. The lowest BCUT2D eigenvalue weighted by Gasteiger charge is -2.29. The maximum absolute atomic E-state index is 11.5. The Balaban J connectivity index is 1.53. The number of nitrogens with zero attached hydrogens (tertiary/aromatic N) is 3. The van der Waals surface area contributed by atoms with Gasteiger partial charge in [-0.3, -0.25) is 0 Å². The number of fused-ring (bicyclic) bond motifs is 3. The average molecular weight is 513 g/mol. The van der Waals surface area contributed by atoms with Crippen LogP contribution in [0.3, 0.4) is 0 Å². The molecule has 2 aliphatic carbocycles. The van der Waals surface area contributed by atoms with E-state index >= 15 is 0 Å². The average Bonchev–Trinajstić information content (AvgIpc) is 3.50. The van der Waals surface area contributed by atoms with Crippen molar-refractivity contribution in [2.75, 3.05) is 31.4 Å². The summed E-state index contributed by atoms with van der Waals surface area (Å²) in [6.07, 6.45) is 5.83. The highest BCUT2D eigenvalue weighted by Crippen LogP contribution is 2.44. The number of nitrogens with one attached hydrogen (secondary N) is 2. The van der Waals surface area contributed by atoms with Gasteiger partial charge in [0, 0.05) is 43.9 Å². The van der Waals surface area contributed by atoms with Crippen molar-refractivity contribution in [2.45, 2.75) is 18.6 Å². The summed E-state index contributed by atoms with van der Waals surface area (Å²) in [5.41, 5.74) is 9.34. The van der Waals surface area contributed by atoms with E-state index < -0.39 is 6.09 Å². The van der Waals surface area contributed by atoms with Crippen molar-refractivity contribution in [1.29, 1.82) is 0 Å². The van der Waals surface area contributed by atoms with E-state index in [1.165, 1.54) is 0 Å². The fourth-order valence-electron chi connectivity index (χ4n) is 4.78. The number of imidazole rings is 1. The van der Waals surface area contributed by atoms with E-state index in [9.17, 15) is 4.79 Å². The van der Waals surface area contributed by atoms with Gasteiger partial charge in [-0.15, -0.1) is 0 Å². The zero-order chi connectivity index (χ0) is 23.3. The molecule has 5 rings (SSSR count). The Morgan fingerprint density at radius 1 is 1.30 bits per heavy atom. The van der Waals surface area contributed by atoms with Crippen molar-refractivity contribution < 1.29 is 14.3 Å². The van der Waals surface area contributed by atoms with Crippen LogP contribution in [0.25, 0.3) is 22.6 Å². The Kier molecular flexibility index (Phi) is 5.40. The van der Waals surface area contributed by atoms with Gasteiger partial charge >= 0.3 is 6.09 Å². The molecule has 1 aromatic carbocycles. The monoisotopic (exact) mass is 512 g/mol. The fraction of sp³-hybridized carbons (Fsp3) is 0.348. The van der Waals surface area contributed by atoms with Crippen molar-refractivity contribution in [3.8, 4) is 17.1 Å². The third-order valence-electron chi connectivity index (χ3n) is 6.38. The molecule has 9 nitrogen and oxygen atoms in total. The molecule has 2 aromatic heterocycles. The van der Waals surface area contributed by atoms with Crippen molar-refractivity contribution in [3.05, 3.63) is 41.0 Å². The molecule has 2 bridgehead atoms. The smallest absolute Gasteiger partial charge is 0.404 e. The SMILES string of the molecule is COc1cc(N(C)C)ccc1-c1nc2ncc(Br)c(N[C@H]3[C@@H](OC(N)=O)[C@@H]4C=C[C@H]3C4)c2[nH]1. The second kappa shape index (κ2) is 8.26. The summed E-state index contributed by atoms with van der Waals surface area (Å²) in [5.74, 6) is 1.77. The molecule has 0 spiro atoms. The van der Waals surface area contributed by atoms with Crippen molar-refractivity contribution in [3.63, 3.8) is 0 Å². The molecule has 0 radical (unpaired) electrons. The number of benzene rings is 1. The van der Waals surface area contributed by atoms with Gasteiger partial charge in [-0.05, 0) is 34.5 Å². The lowest BCUT2D eigenvalue weighted by molar-refractivity contribution is 0.0854. The van der Waals surface area contributed by atoms with Crippen molar-refractivity contribution in [1.82, 2.24) is 15.0 Å². The summed E-state index contributed by atoms with van der Waals surface area (Å²) >= 11 is 3.61. The molecule has 1 saturated carbocycles. The lowest BCUT2D eigenvalue weighted by Crippen LogP contribution is -2.41. The molecule has 33 heavy (non-hydrogen) atoms. The molecule has 10 heteroatoms. The van der Waals surface area contributed by atoms with Crippen LogP contribution in [0, 0.1) is 11.8 Å². The molecule has 0 aliphatic heterocycles. The third-order valence-corrected chi connectivity index (χ3v) is 6.98. The number of amides is 1. The first-order valence-corrected chi connectivity index (χ1v) is 11.5. The van der Waals surface area contributed by atoms with Crippen LogP contribution >= 0.6 is 15.9 Å². The van der Waals surface area contributed by atoms with Crippen LogP contribution < -0.4 is 20.7 Å². The minimum absolute atomic E-state index is 0.102. The van der Waals surface area contributed by atoms with Gasteiger partial charge in [0.25, 0.3) is 0 Å². The predicted molar refractivity (Wildman–Crippen MR) is 131 cm³/mol. The van der Waals surface area contributed by atoms with Crippen molar-refractivity contribution >= 4 is 44.6 Å². The summed E-state index contributed by atoms with van der Waals surface area (Å²) < 4.78 is 11.9. The number of aromatic nitrogens is 3. The molecule has 4 atom stereocenters. The molecule has 2 aliphatic rings. The van der Waals surface area contributed by atoms with E-state index in [1.807, 2.05) is 37.2 Å². The van der Waals surface area contributed by atoms with Gasteiger partial charge in [-0.2, -0.15) is 0 Å². The van der Waals surface area contributed by atoms with Crippen LogP contribution in [0.5, 0.6) is 5.75 Å². The summed E-state index contributed by atoms with van der Waals surface area (Å²) in [4.78, 5) is 26.1. The van der Waals surface area contributed by atoms with E-state index in [0.29, 0.717) is 17.2 Å². The minimum atomic E-state index is -0.760. The van der Waals surface area contributed by atoms with Gasteiger partial charge in [0.05, 0.1) is 28.9 Å². The van der Waals surface area contributed by atoms with Crippen LogP contribution in [-0.4, -0.2) is 54.4 Å². The second-order valence-corrected chi connectivity index (χ2v) is 9.42. The van der Waals surface area contributed by atoms with Gasteiger partial charge < -0.3 is 30.4 Å². The van der Waals surface area contributed by atoms with E-state index in [1.54, 1.807) is 13.3 Å². The maximum atomic E-state index is 11.5. The number of hydrogen-bond acceptors (Lipinski definition) is 7. The first-order valence-electron chi connectivity index (χ1n) is 10.7. The number of primary amides is 1. The molecule has 2 heterocycles. The number of H-pyrrole nitrogens is 1. The van der Waals surface area contributed by atoms with Crippen molar-refractivity contribution in [2.24, 2.45) is 17.6 Å². The minimum Gasteiger partial charge on any atom is -0.496 e. The highest BCUT2D eigenvalue weighted by atomic mass is 79.9. The number of anilines is 2. The zero-order valence-corrected chi connectivity index (χ0v) is 20.1. The van der Waals surface area contributed by atoms with Crippen LogP contribution in [0.15, 0.2) is 41.0 Å². The van der Waals surface area contributed by atoms with E-state index in [-0.39, 0.29) is 24.0 Å². The Bertz CT molecular complexity index is 1260. The molecular weight excluding hydrogens is 488 g/mol. The van der Waals surface area contributed by atoms with Crippen LogP contribution in [0.4, 0.5) is 16.2 Å². The topological polar surface area (TPSA) is 118 Å². The highest BCUT2D eigenvalue weighted by molar-refractivity contribution is 9.10. The maximum Gasteiger partial charge on any atom is 0.404 e. The summed E-state index contributed by atoms with van der Waals surface area (Å²) in [7, 11) is 5.61. The number of aromatic amines is 1. The summed E-state index contributed by atoms with van der Waals surface area (Å²) in [6, 6.07) is 5.86. The molecule has 1 amide bonds. The van der Waals surface area contributed by atoms with Gasteiger partial charge in [0.1, 0.15) is 23.2 Å². The molecule has 4 N–H and O–H groups in total. The Labute approximate surface area is 199 Å². The highest BCUT2D eigenvalue weighted by Gasteiger charge is 2.47. The first-order chi connectivity index (χ1) is 15.9. The summed E-state index contributed by atoms with van der Waals surface area (Å²) in [5, 5.41) is 3.58. The normalized spacial score (nSPS) is 23.2. The number of halogens is 1. The number of rotatable bonds is 6. The third kappa shape index (κ3) is 3.78.